The molecule has 2 unspecified atom stereocenters. The molecule has 0 saturated carbocycles. The van der Waals surface area contributed by atoms with Gasteiger partial charge in [-0.25, -0.2) is 0 Å². The number of carbonyl (C=O) groups is 1. The maximum Gasteiger partial charge on any atom is 0.202 e. The van der Waals surface area contributed by atoms with Gasteiger partial charge < -0.3 is 39.4 Å². The molecule has 0 saturated heterocycles. The minimum atomic E-state index is -1.59. The van der Waals surface area contributed by atoms with Crippen LogP contribution in [-0.2, 0) is 6.61 Å². The first-order valence-electron chi connectivity index (χ1n) is 10.5. The molecule has 0 fully saturated rings. The van der Waals surface area contributed by atoms with Crippen LogP contribution in [0.4, 0.5) is 0 Å². The van der Waals surface area contributed by atoms with E-state index in [4.69, 9.17) is 18.9 Å². The van der Waals surface area contributed by atoms with Crippen LogP contribution < -0.4 is 18.9 Å². The van der Waals surface area contributed by atoms with E-state index in [2.05, 4.69) is 0 Å². The van der Waals surface area contributed by atoms with Crippen LogP contribution in [0.2, 0.25) is 0 Å². The third kappa shape index (κ3) is 4.38. The van der Waals surface area contributed by atoms with Gasteiger partial charge in [-0.05, 0) is 42.3 Å². The van der Waals surface area contributed by atoms with Crippen LogP contribution in [0.15, 0.2) is 48.5 Å². The third-order valence-electron chi connectivity index (χ3n) is 5.36. The van der Waals surface area contributed by atoms with E-state index >= 15 is 0 Å². The molecule has 34 heavy (non-hydrogen) atoms. The summed E-state index contributed by atoms with van der Waals surface area (Å²) >= 11 is 0. The van der Waals surface area contributed by atoms with Crippen molar-refractivity contribution in [3.05, 3.63) is 65.2 Å². The average Bonchev–Trinajstić information content (AvgIpc) is 2.81. The summed E-state index contributed by atoms with van der Waals surface area (Å²) in [5.74, 6) is -0.405. The van der Waals surface area contributed by atoms with Crippen LogP contribution in [0.25, 0.3) is 0 Å². The molecule has 2 atom stereocenters. The number of ether oxygens (including phenoxy) is 4. The van der Waals surface area contributed by atoms with Gasteiger partial charge in [0, 0.05) is 12.1 Å². The highest BCUT2D eigenvalue weighted by Gasteiger charge is 2.39. The van der Waals surface area contributed by atoms with Crippen LogP contribution in [0.3, 0.4) is 0 Å². The lowest BCUT2D eigenvalue weighted by Crippen LogP contribution is -2.36. The Hall–Kier alpha value is -4.11. The summed E-state index contributed by atoms with van der Waals surface area (Å²) in [4.78, 5) is 12.7. The number of aliphatic hydroxyl groups is 1. The number of phenolic OH excluding ortho intramolecular Hbond substituents is 3. The van der Waals surface area contributed by atoms with Gasteiger partial charge in [0.1, 0.15) is 29.4 Å². The molecule has 0 aliphatic carbocycles. The predicted molar refractivity (Wildman–Crippen MR) is 120 cm³/mol. The Morgan fingerprint density at radius 1 is 0.912 bits per heavy atom. The van der Waals surface area contributed by atoms with Crippen LogP contribution in [0, 0.1) is 0 Å². The van der Waals surface area contributed by atoms with E-state index in [1.165, 1.54) is 19.2 Å². The first-order valence-corrected chi connectivity index (χ1v) is 10.5. The molecule has 1 heterocycles. The number of aliphatic hydroxyl groups excluding tert-OH is 1. The molecule has 178 valence electrons. The van der Waals surface area contributed by atoms with Crippen LogP contribution in [0.1, 0.15) is 34.5 Å². The number of rotatable bonds is 7. The van der Waals surface area contributed by atoms with E-state index in [0.29, 0.717) is 29.4 Å². The van der Waals surface area contributed by atoms with Crippen molar-refractivity contribution in [2.45, 2.75) is 25.7 Å². The van der Waals surface area contributed by atoms with Gasteiger partial charge in [-0.2, -0.15) is 0 Å². The lowest BCUT2D eigenvalue weighted by molar-refractivity contribution is 0.0209. The fraction of sp³-hybridized carbons (Fsp3) is 0.240. The zero-order valence-corrected chi connectivity index (χ0v) is 18.5. The number of benzene rings is 3. The van der Waals surface area contributed by atoms with E-state index in [0.717, 1.165) is 11.6 Å². The standard InChI is InChI=1S/C25H24O9/c1-3-32-18-7-5-14(9-20(18)33-12-13-4-6-16(27)19(8-13)31-2)25-24(30)23(29)22-17(28)10-15(26)11-21(22)34-25/h4-11,24-28,30H,3,12H2,1-2H3. The maximum absolute atomic E-state index is 12.7. The number of ketones is 1. The molecule has 0 spiro atoms. The number of aromatic hydroxyl groups is 3. The third-order valence-corrected chi connectivity index (χ3v) is 5.36. The van der Waals surface area contributed by atoms with E-state index < -0.39 is 23.7 Å². The molecule has 9 heteroatoms. The topological polar surface area (TPSA) is 135 Å². The van der Waals surface area contributed by atoms with Gasteiger partial charge in [-0.15, -0.1) is 0 Å². The van der Waals surface area contributed by atoms with Crippen LogP contribution in [0.5, 0.6) is 40.2 Å². The SMILES string of the molecule is CCOc1ccc(C2Oc3cc(O)cc(O)c3C(=O)C2O)cc1OCc1ccc(O)c(OC)c1. The number of carbonyl (C=O) groups excluding carboxylic acids is 1. The number of hydrogen-bond acceptors (Lipinski definition) is 9. The molecule has 3 aromatic carbocycles. The Morgan fingerprint density at radius 3 is 2.44 bits per heavy atom. The normalized spacial score (nSPS) is 17.0. The largest absolute Gasteiger partial charge is 0.508 e. The Morgan fingerprint density at radius 2 is 1.71 bits per heavy atom. The monoisotopic (exact) mass is 468 g/mol. The molecule has 0 aromatic heterocycles. The lowest BCUT2D eigenvalue weighted by Gasteiger charge is -2.30. The molecule has 1 aliphatic heterocycles. The first-order chi connectivity index (χ1) is 16.3. The second-order valence-electron chi connectivity index (χ2n) is 7.62. The Kier molecular flexibility index (Phi) is 6.38. The Labute approximate surface area is 195 Å². The van der Waals surface area contributed by atoms with Gasteiger partial charge >= 0.3 is 0 Å². The number of hydrogen-bond donors (Lipinski definition) is 4. The molecule has 3 aromatic rings. The molecule has 1 aliphatic rings. The molecule has 4 N–H and O–H groups in total. The van der Waals surface area contributed by atoms with Crippen molar-refractivity contribution in [2.24, 2.45) is 0 Å². The molecule has 9 nitrogen and oxygen atoms in total. The van der Waals surface area contributed by atoms with Crippen molar-refractivity contribution < 1.29 is 44.2 Å². The number of methoxy groups -OCH3 is 1. The van der Waals surface area contributed by atoms with Gasteiger partial charge in [0.25, 0.3) is 0 Å². The van der Waals surface area contributed by atoms with Gasteiger partial charge in [-0.1, -0.05) is 12.1 Å². The molecular formula is C25H24O9. The van der Waals surface area contributed by atoms with Crippen molar-refractivity contribution in [1.82, 2.24) is 0 Å². The summed E-state index contributed by atoms with van der Waals surface area (Å²) in [6.45, 7) is 2.33. The van der Waals surface area contributed by atoms with Crippen molar-refractivity contribution in [3.63, 3.8) is 0 Å². The average molecular weight is 468 g/mol. The summed E-state index contributed by atoms with van der Waals surface area (Å²) in [6, 6.07) is 11.9. The quantitative estimate of drug-likeness (QED) is 0.411. The predicted octanol–water partition coefficient (Wildman–Crippen LogP) is 3.47. The van der Waals surface area contributed by atoms with E-state index in [1.54, 1.807) is 30.3 Å². The number of Topliss-reactive ketones (excluding diaryl/α,β-unsaturated/α-hetero) is 1. The van der Waals surface area contributed by atoms with Gasteiger partial charge in [-0.3, -0.25) is 4.79 Å². The minimum Gasteiger partial charge on any atom is -0.508 e. The van der Waals surface area contributed by atoms with Gasteiger partial charge in [0.15, 0.2) is 35.2 Å². The Balaban J connectivity index is 1.64. The van der Waals surface area contributed by atoms with Crippen LogP contribution in [-0.4, -0.2) is 46.0 Å². The van der Waals surface area contributed by atoms with Crippen LogP contribution >= 0.6 is 0 Å². The van der Waals surface area contributed by atoms with Crippen molar-refractivity contribution in [2.75, 3.05) is 13.7 Å². The maximum atomic E-state index is 12.7. The second-order valence-corrected chi connectivity index (χ2v) is 7.62. The zero-order chi connectivity index (χ0) is 24.4. The molecule has 0 radical (unpaired) electrons. The summed E-state index contributed by atoms with van der Waals surface area (Å²) < 4.78 is 22.5. The smallest absolute Gasteiger partial charge is 0.202 e. The zero-order valence-electron chi connectivity index (χ0n) is 18.5. The molecule has 4 rings (SSSR count). The second kappa shape index (κ2) is 9.40. The van der Waals surface area contributed by atoms with E-state index in [9.17, 15) is 25.2 Å². The molecular weight excluding hydrogens is 444 g/mol. The van der Waals surface area contributed by atoms with Crippen molar-refractivity contribution in [1.29, 1.82) is 0 Å². The highest BCUT2D eigenvalue weighted by atomic mass is 16.5. The summed E-state index contributed by atoms with van der Waals surface area (Å²) in [5.41, 5.74) is 0.966. The summed E-state index contributed by atoms with van der Waals surface area (Å²) in [6.07, 6.45) is -2.69. The first kappa shape index (κ1) is 23.1. The summed E-state index contributed by atoms with van der Waals surface area (Å²) in [5, 5.41) is 40.2. The minimum absolute atomic E-state index is 0.00806. The van der Waals surface area contributed by atoms with Crippen molar-refractivity contribution >= 4 is 5.78 Å². The van der Waals surface area contributed by atoms with E-state index in [1.807, 2.05) is 6.92 Å². The van der Waals surface area contributed by atoms with Gasteiger partial charge in [0.2, 0.25) is 5.78 Å². The Bertz CT molecular complexity index is 1220. The van der Waals surface area contributed by atoms with Crippen molar-refractivity contribution in [3.8, 4) is 40.2 Å². The molecule has 0 bridgehead atoms. The fourth-order valence-electron chi connectivity index (χ4n) is 3.73. The highest BCUT2D eigenvalue weighted by Crippen LogP contribution is 2.43. The molecule has 0 amide bonds. The van der Waals surface area contributed by atoms with Gasteiger partial charge in [0.05, 0.1) is 13.7 Å². The lowest BCUT2D eigenvalue weighted by atomic mass is 9.92. The highest BCUT2D eigenvalue weighted by molar-refractivity contribution is 6.05. The van der Waals surface area contributed by atoms with E-state index in [-0.39, 0.29) is 29.4 Å². The summed E-state index contributed by atoms with van der Waals surface area (Å²) in [7, 11) is 1.45. The number of phenols is 3. The number of fused-ring (bicyclic) bond motifs is 1. The fourth-order valence-corrected chi connectivity index (χ4v) is 3.73.